The Labute approximate surface area is 118 Å². The Kier molecular flexibility index (Phi) is 7.11. The molecule has 5 nitrogen and oxygen atoms in total. The number of rotatable bonds is 4. The summed E-state index contributed by atoms with van der Waals surface area (Å²) in [5.41, 5.74) is 7.46. The van der Waals surface area contributed by atoms with Crippen LogP contribution in [-0.2, 0) is 9.53 Å². The second kappa shape index (κ2) is 7.76. The third-order valence-electron chi connectivity index (χ3n) is 2.69. The van der Waals surface area contributed by atoms with Gasteiger partial charge in [0.05, 0.1) is 18.7 Å². The van der Waals surface area contributed by atoms with E-state index in [-0.39, 0.29) is 18.3 Å². The van der Waals surface area contributed by atoms with Gasteiger partial charge in [0.2, 0.25) is 5.91 Å². The second-order valence-electron chi connectivity index (χ2n) is 4.03. The van der Waals surface area contributed by atoms with E-state index in [9.17, 15) is 9.59 Å². The minimum absolute atomic E-state index is 0. The minimum Gasteiger partial charge on any atom is -0.465 e. The SMILES string of the molecule is CC[C@H](N)C(=O)Nc1cc(C(=O)OC)ccc1C.Cl. The Morgan fingerprint density at radius 3 is 2.58 bits per heavy atom. The molecule has 0 unspecified atom stereocenters. The molecular formula is C13H19ClN2O3. The average molecular weight is 287 g/mol. The van der Waals surface area contributed by atoms with Crippen molar-refractivity contribution in [2.45, 2.75) is 26.3 Å². The fourth-order valence-electron chi connectivity index (χ4n) is 1.41. The van der Waals surface area contributed by atoms with Gasteiger partial charge in [-0.15, -0.1) is 12.4 Å². The van der Waals surface area contributed by atoms with Crippen LogP contribution in [0.25, 0.3) is 0 Å². The maximum absolute atomic E-state index is 11.7. The van der Waals surface area contributed by atoms with Gasteiger partial charge >= 0.3 is 5.97 Å². The summed E-state index contributed by atoms with van der Waals surface area (Å²) < 4.78 is 4.63. The Morgan fingerprint density at radius 2 is 2.05 bits per heavy atom. The summed E-state index contributed by atoms with van der Waals surface area (Å²) in [6.07, 6.45) is 0.557. The van der Waals surface area contributed by atoms with Crippen molar-refractivity contribution < 1.29 is 14.3 Å². The first-order chi connectivity index (χ1) is 8.49. The number of halogens is 1. The first-order valence-corrected chi connectivity index (χ1v) is 5.75. The predicted molar refractivity (Wildman–Crippen MR) is 76.7 cm³/mol. The van der Waals surface area contributed by atoms with E-state index in [1.165, 1.54) is 7.11 Å². The summed E-state index contributed by atoms with van der Waals surface area (Å²) in [4.78, 5) is 23.1. The van der Waals surface area contributed by atoms with Crippen molar-refractivity contribution in [1.29, 1.82) is 0 Å². The lowest BCUT2D eigenvalue weighted by molar-refractivity contribution is -0.117. The topological polar surface area (TPSA) is 81.4 Å². The third-order valence-corrected chi connectivity index (χ3v) is 2.69. The van der Waals surface area contributed by atoms with Crippen molar-refractivity contribution in [3.63, 3.8) is 0 Å². The fraction of sp³-hybridized carbons (Fsp3) is 0.385. The van der Waals surface area contributed by atoms with Gasteiger partial charge in [0, 0.05) is 5.69 Å². The van der Waals surface area contributed by atoms with Crippen molar-refractivity contribution in [3.05, 3.63) is 29.3 Å². The normalized spacial score (nSPS) is 11.2. The molecule has 1 amide bonds. The zero-order chi connectivity index (χ0) is 13.7. The Bertz CT molecular complexity index is 463. The van der Waals surface area contributed by atoms with Gasteiger partial charge in [0.25, 0.3) is 0 Å². The molecule has 0 saturated carbocycles. The number of nitrogens with two attached hydrogens (primary N) is 1. The molecule has 0 aliphatic heterocycles. The van der Waals surface area contributed by atoms with Crippen LogP contribution in [0.2, 0.25) is 0 Å². The monoisotopic (exact) mass is 286 g/mol. The average Bonchev–Trinajstić information content (AvgIpc) is 2.39. The summed E-state index contributed by atoms with van der Waals surface area (Å²) in [7, 11) is 1.31. The van der Waals surface area contributed by atoms with E-state index in [1.807, 2.05) is 13.8 Å². The van der Waals surface area contributed by atoms with E-state index in [0.29, 0.717) is 17.7 Å². The maximum atomic E-state index is 11.7. The fourth-order valence-corrected chi connectivity index (χ4v) is 1.41. The van der Waals surface area contributed by atoms with Crippen LogP contribution in [0, 0.1) is 6.92 Å². The van der Waals surface area contributed by atoms with Crippen molar-refractivity contribution in [3.8, 4) is 0 Å². The zero-order valence-corrected chi connectivity index (χ0v) is 12.0. The molecule has 0 bridgehead atoms. The number of carbonyl (C=O) groups is 2. The zero-order valence-electron chi connectivity index (χ0n) is 11.2. The van der Waals surface area contributed by atoms with Crippen molar-refractivity contribution in [2.75, 3.05) is 12.4 Å². The summed E-state index contributed by atoms with van der Waals surface area (Å²) in [6, 6.07) is 4.43. The second-order valence-corrected chi connectivity index (χ2v) is 4.03. The van der Waals surface area contributed by atoms with Gasteiger partial charge in [-0.1, -0.05) is 13.0 Å². The molecule has 6 heteroatoms. The van der Waals surface area contributed by atoms with Crippen LogP contribution in [0.1, 0.15) is 29.3 Å². The van der Waals surface area contributed by atoms with Crippen LogP contribution in [0.3, 0.4) is 0 Å². The highest BCUT2D eigenvalue weighted by Gasteiger charge is 2.14. The predicted octanol–water partition coefficient (Wildman–Crippen LogP) is 1.88. The van der Waals surface area contributed by atoms with Crippen LogP contribution in [0.15, 0.2) is 18.2 Å². The number of methoxy groups -OCH3 is 1. The van der Waals surface area contributed by atoms with Crippen molar-refractivity contribution in [2.24, 2.45) is 5.73 Å². The van der Waals surface area contributed by atoms with Gasteiger partial charge in [-0.05, 0) is 31.0 Å². The number of hydrogen-bond donors (Lipinski definition) is 2. The molecule has 0 aliphatic carbocycles. The number of nitrogens with one attached hydrogen (secondary N) is 1. The molecular weight excluding hydrogens is 268 g/mol. The first kappa shape index (κ1) is 17.4. The molecule has 0 heterocycles. The Balaban J connectivity index is 0.00000324. The lowest BCUT2D eigenvalue weighted by atomic mass is 10.1. The van der Waals surface area contributed by atoms with E-state index in [0.717, 1.165) is 5.56 Å². The number of esters is 1. The smallest absolute Gasteiger partial charge is 0.337 e. The highest BCUT2D eigenvalue weighted by Crippen LogP contribution is 2.17. The van der Waals surface area contributed by atoms with Crippen LogP contribution < -0.4 is 11.1 Å². The number of amides is 1. The van der Waals surface area contributed by atoms with Gasteiger partial charge in [0.15, 0.2) is 0 Å². The molecule has 1 atom stereocenters. The van der Waals surface area contributed by atoms with E-state index in [2.05, 4.69) is 10.1 Å². The molecule has 1 aromatic rings. The van der Waals surface area contributed by atoms with E-state index in [4.69, 9.17) is 5.73 Å². The van der Waals surface area contributed by atoms with Crippen LogP contribution in [0.5, 0.6) is 0 Å². The van der Waals surface area contributed by atoms with Gasteiger partial charge < -0.3 is 15.8 Å². The van der Waals surface area contributed by atoms with E-state index in [1.54, 1.807) is 18.2 Å². The molecule has 0 radical (unpaired) electrons. The van der Waals surface area contributed by atoms with Gasteiger partial charge in [-0.3, -0.25) is 4.79 Å². The molecule has 0 aromatic heterocycles. The maximum Gasteiger partial charge on any atom is 0.337 e. The van der Waals surface area contributed by atoms with Gasteiger partial charge in [-0.25, -0.2) is 4.79 Å². The third kappa shape index (κ3) is 4.54. The molecule has 1 aromatic carbocycles. The molecule has 0 fully saturated rings. The molecule has 1 rings (SSSR count). The number of carbonyl (C=O) groups excluding carboxylic acids is 2. The summed E-state index contributed by atoms with van der Waals surface area (Å²) in [5, 5.41) is 2.71. The quantitative estimate of drug-likeness (QED) is 0.828. The largest absolute Gasteiger partial charge is 0.465 e. The number of ether oxygens (including phenoxy) is 1. The summed E-state index contributed by atoms with van der Waals surface area (Å²) >= 11 is 0. The van der Waals surface area contributed by atoms with Crippen LogP contribution in [-0.4, -0.2) is 25.0 Å². The molecule has 19 heavy (non-hydrogen) atoms. The Hall–Kier alpha value is -1.59. The lowest BCUT2D eigenvalue weighted by Gasteiger charge is -2.13. The molecule has 106 valence electrons. The standard InChI is InChI=1S/C13H18N2O3.ClH/c1-4-10(14)12(16)15-11-7-9(13(17)18-3)6-5-8(11)2;/h5-7,10H,4,14H2,1-3H3,(H,15,16);1H/t10-;/m0./s1. The van der Waals surface area contributed by atoms with Gasteiger partial charge in [-0.2, -0.15) is 0 Å². The van der Waals surface area contributed by atoms with Crippen molar-refractivity contribution >= 4 is 30.0 Å². The highest BCUT2D eigenvalue weighted by molar-refractivity contribution is 5.97. The number of benzene rings is 1. The molecule has 0 saturated heterocycles. The number of aryl methyl sites for hydroxylation is 1. The van der Waals surface area contributed by atoms with E-state index >= 15 is 0 Å². The molecule has 3 N–H and O–H groups in total. The van der Waals surface area contributed by atoms with Crippen molar-refractivity contribution in [1.82, 2.24) is 0 Å². The lowest BCUT2D eigenvalue weighted by Crippen LogP contribution is -2.35. The summed E-state index contributed by atoms with van der Waals surface area (Å²) in [5.74, 6) is -0.701. The van der Waals surface area contributed by atoms with Gasteiger partial charge in [0.1, 0.15) is 0 Å². The molecule has 0 spiro atoms. The van der Waals surface area contributed by atoms with Crippen LogP contribution in [0.4, 0.5) is 5.69 Å². The van der Waals surface area contributed by atoms with Crippen LogP contribution >= 0.6 is 12.4 Å². The minimum atomic E-state index is -0.550. The van der Waals surface area contributed by atoms with E-state index < -0.39 is 12.0 Å². The Morgan fingerprint density at radius 1 is 1.42 bits per heavy atom. The number of hydrogen-bond acceptors (Lipinski definition) is 4. The highest BCUT2D eigenvalue weighted by atomic mass is 35.5. The number of anilines is 1. The first-order valence-electron chi connectivity index (χ1n) is 5.75. The molecule has 0 aliphatic rings. The summed E-state index contributed by atoms with van der Waals surface area (Å²) in [6.45, 7) is 3.68.